The second-order valence-electron chi connectivity index (χ2n) is 11.4. The fraction of sp³-hybridized carbons (Fsp3) is 1.00. The monoisotopic (exact) mass is 388 g/mol. The van der Waals surface area contributed by atoms with E-state index in [4.69, 9.17) is 0 Å². The fourth-order valence-electron chi connectivity index (χ4n) is 4.01. The summed E-state index contributed by atoms with van der Waals surface area (Å²) in [4.78, 5) is 0. The molecule has 0 spiro atoms. The molecule has 0 bridgehead atoms. The van der Waals surface area contributed by atoms with Gasteiger partial charge in [0, 0.05) is 29.4 Å². The van der Waals surface area contributed by atoms with Gasteiger partial charge in [0.15, 0.2) is 0 Å². The molecule has 0 N–H and O–H groups in total. The molecule has 2 atom stereocenters. The molecule has 0 aromatic carbocycles. The maximum atomic E-state index is 2.85. The van der Waals surface area contributed by atoms with Crippen molar-refractivity contribution in [3.05, 3.63) is 0 Å². The Balaban J connectivity index is 5.03. The molecule has 0 aliphatic carbocycles. The van der Waals surface area contributed by atoms with Crippen molar-refractivity contribution in [3.8, 4) is 0 Å². The summed E-state index contributed by atoms with van der Waals surface area (Å²) in [7, 11) is -4.21. The van der Waals surface area contributed by atoms with Gasteiger partial charge < -0.3 is 0 Å². The Labute approximate surface area is 152 Å². The highest BCUT2D eigenvalue weighted by atomic mass is 29.8. The molecule has 0 aliphatic rings. The van der Waals surface area contributed by atoms with Crippen molar-refractivity contribution >= 4 is 29.4 Å². The Hall–Kier alpha value is 0.868. The molecule has 4 heteroatoms. The first-order chi connectivity index (χ1) is 10.1. The van der Waals surface area contributed by atoms with Crippen LogP contribution in [0.3, 0.4) is 0 Å². The second kappa shape index (κ2) is 8.50. The Morgan fingerprint density at radius 1 is 0.609 bits per heavy atom. The first kappa shape index (κ1) is 23.9. The summed E-state index contributed by atoms with van der Waals surface area (Å²) in [6.07, 6.45) is 5.84. The molecule has 140 valence electrons. The lowest BCUT2D eigenvalue weighted by atomic mass is 9.98. The van der Waals surface area contributed by atoms with Gasteiger partial charge in [0.2, 0.25) is 0 Å². The Morgan fingerprint density at radius 2 is 1.09 bits per heavy atom. The molecule has 0 aromatic rings. The second-order valence-corrected chi connectivity index (χ2v) is 53.0. The van der Waals surface area contributed by atoms with Gasteiger partial charge in [-0.3, -0.25) is 0 Å². The number of rotatable bonds is 10. The van der Waals surface area contributed by atoms with Crippen LogP contribution in [0.15, 0.2) is 0 Å². The first-order valence-electron chi connectivity index (χ1n) is 10.1. The maximum absolute atomic E-state index is 2.85. The van der Waals surface area contributed by atoms with E-state index in [2.05, 4.69) is 79.7 Å². The first-order valence-corrected chi connectivity index (χ1v) is 25.8. The van der Waals surface area contributed by atoms with Gasteiger partial charge in [-0.2, -0.15) is 0 Å². The standard InChI is InChI=1S/C19H48Si4/c1-18(2)14-13-15-19(3)16-17-23(12,21(7,8)9)22(10,11)20(4,5)6/h18-19H,13-17H2,1-12H3. The predicted octanol–water partition coefficient (Wildman–Crippen LogP) is 7.54. The van der Waals surface area contributed by atoms with E-state index in [9.17, 15) is 0 Å². The fourth-order valence-corrected chi connectivity index (χ4v) is 78.7. The molecule has 0 rings (SSSR count). The molecule has 0 saturated heterocycles. The van der Waals surface area contributed by atoms with Gasteiger partial charge in [-0.1, -0.05) is 111 Å². The van der Waals surface area contributed by atoms with E-state index in [1.807, 2.05) is 0 Å². The maximum Gasteiger partial charge on any atom is 0.0365 e. The van der Waals surface area contributed by atoms with Crippen LogP contribution in [0, 0.1) is 11.8 Å². The van der Waals surface area contributed by atoms with E-state index in [0.29, 0.717) is 0 Å². The summed E-state index contributed by atoms with van der Waals surface area (Å²) < 4.78 is 0. The van der Waals surface area contributed by atoms with Gasteiger partial charge in [-0.15, -0.1) is 0 Å². The zero-order valence-electron chi connectivity index (χ0n) is 18.7. The van der Waals surface area contributed by atoms with Crippen LogP contribution in [0.25, 0.3) is 0 Å². The number of hydrogen-bond acceptors (Lipinski definition) is 0. The largest absolute Gasteiger partial charge is 0.0733 e. The molecule has 0 radical (unpaired) electrons. The van der Waals surface area contributed by atoms with Crippen LogP contribution in [0.2, 0.25) is 65.0 Å². The third-order valence-corrected chi connectivity index (χ3v) is 75.9. The summed E-state index contributed by atoms with van der Waals surface area (Å²) in [6, 6.07) is 1.63. The molecule has 0 fully saturated rings. The van der Waals surface area contributed by atoms with Crippen molar-refractivity contribution in [2.75, 3.05) is 0 Å². The normalized spacial score (nSPS) is 18.1. The number of hydrogen-bond donors (Lipinski definition) is 0. The highest BCUT2D eigenvalue weighted by Gasteiger charge is 2.57. The minimum atomic E-state index is -1.10. The van der Waals surface area contributed by atoms with Gasteiger partial charge in [-0.05, 0) is 11.8 Å². The molecule has 0 aromatic heterocycles. The van der Waals surface area contributed by atoms with Crippen LogP contribution in [-0.2, 0) is 0 Å². The average molecular weight is 389 g/mol. The van der Waals surface area contributed by atoms with E-state index < -0.39 is 29.4 Å². The van der Waals surface area contributed by atoms with Gasteiger partial charge in [0.25, 0.3) is 0 Å². The Kier molecular flexibility index (Phi) is 8.82. The summed E-state index contributed by atoms with van der Waals surface area (Å²) in [5.74, 6) is 1.82. The topological polar surface area (TPSA) is 0 Å². The van der Waals surface area contributed by atoms with E-state index in [1.165, 1.54) is 25.7 Å². The Morgan fingerprint density at radius 3 is 1.43 bits per heavy atom. The molecule has 2 unspecified atom stereocenters. The average Bonchev–Trinajstić information content (AvgIpc) is 2.32. The lowest BCUT2D eigenvalue weighted by Gasteiger charge is -2.55. The smallest absolute Gasteiger partial charge is 0.0365 e. The van der Waals surface area contributed by atoms with Crippen LogP contribution in [0.4, 0.5) is 0 Å². The molecule has 0 saturated carbocycles. The van der Waals surface area contributed by atoms with Crippen molar-refractivity contribution in [2.45, 2.75) is 111 Å². The highest BCUT2D eigenvalue weighted by molar-refractivity contribution is 7.83. The van der Waals surface area contributed by atoms with Crippen LogP contribution >= 0.6 is 0 Å². The van der Waals surface area contributed by atoms with Crippen molar-refractivity contribution in [3.63, 3.8) is 0 Å². The Bertz CT molecular complexity index is 349. The zero-order chi connectivity index (χ0) is 18.7. The van der Waals surface area contributed by atoms with E-state index in [-0.39, 0.29) is 0 Å². The van der Waals surface area contributed by atoms with Crippen LogP contribution in [0.5, 0.6) is 0 Å². The molecular formula is C19H48Si4. The molecule has 0 heterocycles. The van der Waals surface area contributed by atoms with Crippen molar-refractivity contribution in [1.29, 1.82) is 0 Å². The minimum absolute atomic E-state index is 0.877. The van der Waals surface area contributed by atoms with Crippen molar-refractivity contribution < 1.29 is 0 Å². The molecular weight excluding hydrogens is 341 g/mol. The SMILES string of the molecule is CC(C)CCCC(C)CC[Si](C)([Si](C)(C)C)[Si](C)(C)[Si](C)(C)C. The quantitative estimate of drug-likeness (QED) is 0.339. The molecule has 0 amide bonds. The van der Waals surface area contributed by atoms with Crippen molar-refractivity contribution in [2.24, 2.45) is 11.8 Å². The van der Waals surface area contributed by atoms with E-state index >= 15 is 0 Å². The van der Waals surface area contributed by atoms with Crippen molar-refractivity contribution in [1.82, 2.24) is 0 Å². The summed E-state index contributed by atoms with van der Waals surface area (Å²) in [5, 5.41) is 0. The molecule has 23 heavy (non-hydrogen) atoms. The lowest BCUT2D eigenvalue weighted by molar-refractivity contribution is 0.448. The molecule has 0 aliphatic heterocycles. The van der Waals surface area contributed by atoms with E-state index in [0.717, 1.165) is 11.8 Å². The van der Waals surface area contributed by atoms with Gasteiger partial charge in [0.05, 0.1) is 0 Å². The zero-order valence-corrected chi connectivity index (χ0v) is 22.7. The van der Waals surface area contributed by atoms with Gasteiger partial charge in [-0.25, -0.2) is 0 Å². The van der Waals surface area contributed by atoms with E-state index in [1.54, 1.807) is 6.04 Å². The minimum Gasteiger partial charge on any atom is -0.0733 e. The van der Waals surface area contributed by atoms with Crippen LogP contribution in [0.1, 0.15) is 46.5 Å². The summed E-state index contributed by atoms with van der Waals surface area (Å²) in [6.45, 7) is 31.9. The van der Waals surface area contributed by atoms with Gasteiger partial charge >= 0.3 is 0 Å². The van der Waals surface area contributed by atoms with Crippen LogP contribution in [-0.4, -0.2) is 29.4 Å². The molecule has 0 nitrogen and oxygen atoms in total. The predicted molar refractivity (Wildman–Crippen MR) is 123 cm³/mol. The van der Waals surface area contributed by atoms with Gasteiger partial charge in [0.1, 0.15) is 0 Å². The highest BCUT2D eigenvalue weighted by Crippen LogP contribution is 2.39. The summed E-state index contributed by atoms with van der Waals surface area (Å²) in [5.41, 5.74) is 0. The third kappa shape index (κ3) is 6.27. The summed E-state index contributed by atoms with van der Waals surface area (Å²) >= 11 is 0. The van der Waals surface area contributed by atoms with Crippen LogP contribution < -0.4 is 0 Å². The lowest BCUT2D eigenvalue weighted by Crippen LogP contribution is -2.78. The third-order valence-electron chi connectivity index (χ3n) is 7.53.